The molecule has 5 N–H and O–H groups in total. The molecule has 0 aromatic heterocycles. The Morgan fingerprint density at radius 3 is 2.03 bits per heavy atom. The summed E-state index contributed by atoms with van der Waals surface area (Å²) in [5.41, 5.74) is -1.65. The van der Waals surface area contributed by atoms with Crippen LogP contribution in [0.15, 0.2) is 24.3 Å². The molecule has 0 bridgehead atoms. The highest BCUT2D eigenvalue weighted by atomic mass is 16.6. The van der Waals surface area contributed by atoms with E-state index in [0.717, 1.165) is 0 Å². The molecule has 1 aliphatic heterocycles. The van der Waals surface area contributed by atoms with Crippen LogP contribution in [0.5, 0.6) is 0 Å². The van der Waals surface area contributed by atoms with E-state index in [0.29, 0.717) is 5.69 Å². The van der Waals surface area contributed by atoms with Crippen LogP contribution < -0.4 is 26.6 Å². The zero-order valence-corrected chi connectivity index (χ0v) is 21.7. The Kier molecular flexibility index (Phi) is 9.63. The smallest absolute Gasteiger partial charge is 0.269 e. The third-order valence-electron chi connectivity index (χ3n) is 6.07. The quantitative estimate of drug-likeness (QED) is 0.156. The van der Waals surface area contributed by atoms with Gasteiger partial charge in [-0.25, -0.2) is 0 Å². The summed E-state index contributed by atoms with van der Waals surface area (Å²) in [6, 6.07) is 1.91. The lowest BCUT2D eigenvalue weighted by atomic mass is 9.88. The molecular formula is C24H32N6O8. The summed E-state index contributed by atoms with van der Waals surface area (Å²) in [5, 5.41) is 23.1. The van der Waals surface area contributed by atoms with Crippen molar-refractivity contribution in [3.8, 4) is 0 Å². The van der Waals surface area contributed by atoms with Crippen LogP contribution in [0.3, 0.4) is 0 Å². The van der Waals surface area contributed by atoms with Gasteiger partial charge in [-0.3, -0.25) is 38.9 Å². The lowest BCUT2D eigenvalue weighted by molar-refractivity contribution is -0.384. The highest BCUT2D eigenvalue weighted by molar-refractivity contribution is 6.15. The van der Waals surface area contributed by atoms with E-state index in [9.17, 15) is 38.9 Å². The van der Waals surface area contributed by atoms with E-state index in [-0.39, 0.29) is 18.5 Å². The number of nitrogens with one attached hydrogen (secondary N) is 5. The maximum absolute atomic E-state index is 12.9. The van der Waals surface area contributed by atoms with Crippen LogP contribution >= 0.6 is 0 Å². The monoisotopic (exact) mass is 532 g/mol. The molecule has 2 rings (SSSR count). The molecule has 0 radical (unpaired) electrons. The van der Waals surface area contributed by atoms with Crippen molar-refractivity contribution in [1.29, 1.82) is 0 Å². The number of ketones is 1. The van der Waals surface area contributed by atoms with Crippen LogP contribution in [-0.2, 0) is 28.8 Å². The van der Waals surface area contributed by atoms with Gasteiger partial charge < -0.3 is 26.6 Å². The molecule has 14 heteroatoms. The van der Waals surface area contributed by atoms with Gasteiger partial charge in [0.2, 0.25) is 23.6 Å². The SMILES string of the molecule is CC(C)[C@H](NC(=O)[C@H](C)NC(=O)[C@]1(C)NC(=O)CCC1=O)C(=O)N[C@@H](C)C(=O)Nc1ccc([N+](=O)[O-])cc1. The minimum Gasteiger partial charge on any atom is -0.343 e. The molecule has 14 nitrogen and oxygen atoms in total. The number of rotatable bonds is 10. The topological polar surface area (TPSA) is 206 Å². The second-order valence-electron chi connectivity index (χ2n) is 9.55. The van der Waals surface area contributed by atoms with Crippen molar-refractivity contribution in [3.05, 3.63) is 34.4 Å². The van der Waals surface area contributed by atoms with Crippen LogP contribution in [0.4, 0.5) is 11.4 Å². The van der Waals surface area contributed by atoms with Gasteiger partial charge in [-0.1, -0.05) is 13.8 Å². The first-order valence-corrected chi connectivity index (χ1v) is 12.0. The maximum Gasteiger partial charge on any atom is 0.269 e. The van der Waals surface area contributed by atoms with E-state index in [1.807, 2.05) is 0 Å². The second kappa shape index (κ2) is 12.3. The summed E-state index contributed by atoms with van der Waals surface area (Å²) in [6.07, 6.45) is -0.116. The number of nitro groups is 1. The Hall–Kier alpha value is -4.36. The number of Topliss-reactive ketones (excluding diaryl/α,β-unsaturated/α-hetero) is 1. The van der Waals surface area contributed by atoms with Gasteiger partial charge >= 0.3 is 0 Å². The largest absolute Gasteiger partial charge is 0.343 e. The average Bonchev–Trinajstić information content (AvgIpc) is 2.84. The summed E-state index contributed by atoms with van der Waals surface area (Å²) in [4.78, 5) is 84.9. The van der Waals surface area contributed by atoms with Crippen molar-refractivity contribution in [2.45, 2.75) is 71.1 Å². The number of nitro benzene ring substituents is 1. The van der Waals surface area contributed by atoms with Gasteiger partial charge in [0.25, 0.3) is 11.6 Å². The molecule has 0 unspecified atom stereocenters. The van der Waals surface area contributed by atoms with Crippen LogP contribution in [0.1, 0.15) is 47.5 Å². The van der Waals surface area contributed by atoms with Crippen LogP contribution in [0, 0.1) is 16.0 Å². The summed E-state index contributed by atoms with van der Waals surface area (Å²) in [5.74, 6) is -4.14. The van der Waals surface area contributed by atoms with Crippen molar-refractivity contribution in [1.82, 2.24) is 21.3 Å². The number of carbonyl (C=O) groups excluding carboxylic acids is 6. The summed E-state index contributed by atoms with van der Waals surface area (Å²) in [6.45, 7) is 7.40. The van der Waals surface area contributed by atoms with E-state index >= 15 is 0 Å². The predicted octanol–water partition coefficient (Wildman–Crippen LogP) is -0.0787. The highest BCUT2D eigenvalue weighted by Crippen LogP contribution is 2.17. The Labute approximate surface area is 218 Å². The number of amides is 5. The Bertz CT molecular complexity index is 1140. The number of piperidine rings is 1. The number of nitrogens with zero attached hydrogens (tertiary/aromatic N) is 1. The summed E-state index contributed by atoms with van der Waals surface area (Å²) >= 11 is 0. The Morgan fingerprint density at radius 2 is 1.47 bits per heavy atom. The molecule has 0 spiro atoms. The summed E-state index contributed by atoms with van der Waals surface area (Å²) in [7, 11) is 0. The van der Waals surface area contributed by atoms with Crippen molar-refractivity contribution in [2.24, 2.45) is 5.92 Å². The molecule has 1 aromatic rings. The molecule has 38 heavy (non-hydrogen) atoms. The maximum atomic E-state index is 12.9. The zero-order chi connectivity index (χ0) is 28.8. The number of carbonyl (C=O) groups is 6. The van der Waals surface area contributed by atoms with E-state index in [4.69, 9.17) is 0 Å². The van der Waals surface area contributed by atoms with Gasteiger partial charge in [-0.15, -0.1) is 0 Å². The Balaban J connectivity index is 1.97. The fourth-order valence-electron chi connectivity index (χ4n) is 3.58. The van der Waals surface area contributed by atoms with Gasteiger partial charge in [0.05, 0.1) is 4.92 Å². The normalized spacial score (nSPS) is 19.4. The number of anilines is 1. The van der Waals surface area contributed by atoms with E-state index < -0.39 is 69.8 Å². The van der Waals surface area contributed by atoms with Gasteiger partial charge in [0.1, 0.15) is 18.1 Å². The molecule has 1 heterocycles. The van der Waals surface area contributed by atoms with Gasteiger partial charge in [-0.05, 0) is 38.8 Å². The first kappa shape index (κ1) is 29.9. The number of benzene rings is 1. The van der Waals surface area contributed by atoms with Crippen LogP contribution in [0.25, 0.3) is 0 Å². The molecule has 1 aromatic carbocycles. The highest BCUT2D eigenvalue weighted by Gasteiger charge is 2.45. The van der Waals surface area contributed by atoms with Crippen molar-refractivity contribution in [2.75, 3.05) is 5.32 Å². The third kappa shape index (κ3) is 7.33. The number of hydrogen-bond donors (Lipinski definition) is 5. The lowest BCUT2D eigenvalue weighted by Crippen LogP contribution is -2.66. The molecule has 1 fully saturated rings. The average molecular weight is 533 g/mol. The lowest BCUT2D eigenvalue weighted by Gasteiger charge is -2.32. The van der Waals surface area contributed by atoms with Gasteiger partial charge in [0, 0.05) is 30.7 Å². The molecule has 4 atom stereocenters. The van der Waals surface area contributed by atoms with Gasteiger partial charge in [0.15, 0.2) is 11.3 Å². The van der Waals surface area contributed by atoms with E-state index in [2.05, 4.69) is 26.6 Å². The summed E-state index contributed by atoms with van der Waals surface area (Å²) < 4.78 is 0. The molecule has 0 saturated carbocycles. The molecule has 1 aliphatic rings. The van der Waals surface area contributed by atoms with E-state index in [1.165, 1.54) is 45.0 Å². The molecular weight excluding hydrogens is 500 g/mol. The number of non-ortho nitro benzene ring substituents is 1. The van der Waals surface area contributed by atoms with Gasteiger partial charge in [-0.2, -0.15) is 0 Å². The van der Waals surface area contributed by atoms with Crippen LogP contribution in [0.2, 0.25) is 0 Å². The molecule has 206 valence electrons. The van der Waals surface area contributed by atoms with Crippen molar-refractivity contribution in [3.63, 3.8) is 0 Å². The second-order valence-corrected chi connectivity index (χ2v) is 9.55. The minimum atomic E-state index is -1.80. The fraction of sp³-hybridized carbons (Fsp3) is 0.500. The van der Waals surface area contributed by atoms with Crippen molar-refractivity contribution < 1.29 is 33.7 Å². The first-order valence-electron chi connectivity index (χ1n) is 12.0. The number of hydrogen-bond acceptors (Lipinski definition) is 8. The third-order valence-corrected chi connectivity index (χ3v) is 6.07. The Morgan fingerprint density at radius 1 is 0.895 bits per heavy atom. The first-order chi connectivity index (χ1) is 17.6. The minimum absolute atomic E-state index is 0.0206. The predicted molar refractivity (Wildman–Crippen MR) is 134 cm³/mol. The van der Waals surface area contributed by atoms with Crippen molar-refractivity contribution >= 4 is 46.7 Å². The van der Waals surface area contributed by atoms with E-state index in [1.54, 1.807) is 13.8 Å². The van der Waals surface area contributed by atoms with Crippen LogP contribution in [-0.4, -0.2) is 63.9 Å². The standard InChI is InChI=1S/C24H32N6O8/c1-12(2)19(22(35)25-13(3)20(33)27-15-6-8-16(9-7-15)30(37)38)28-21(34)14(4)26-23(36)24(5)17(31)10-11-18(32)29-24/h6-9,12-14,19H,10-11H2,1-5H3,(H,25,35)(H,26,36)(H,27,33)(H,28,34)(H,29,32)/t13-,14-,19-,24+/m0/s1. The fourth-order valence-corrected chi connectivity index (χ4v) is 3.58. The molecule has 5 amide bonds. The molecule has 1 saturated heterocycles. The zero-order valence-electron chi connectivity index (χ0n) is 21.7. The molecule has 0 aliphatic carbocycles.